The van der Waals surface area contributed by atoms with Crippen LogP contribution in [0.5, 0.6) is 0 Å². The van der Waals surface area contributed by atoms with Crippen LogP contribution in [-0.2, 0) is 67.1 Å². The number of esters is 3. The normalized spacial score (nSPS) is 14.9. The van der Waals surface area contributed by atoms with Gasteiger partial charge in [-0.1, -0.05) is 54.6 Å². The number of carbonyl (C=O) groups is 3. The largest absolute Gasteiger partial charge is 0.462 e. The number of rotatable bonds is 31. The molecule has 392 valence electrons. The molecule has 2 heterocycles. The number of hydrogen-bond acceptors (Lipinski definition) is 17. The van der Waals surface area contributed by atoms with Gasteiger partial charge in [-0.3, -0.25) is 0 Å². The summed E-state index contributed by atoms with van der Waals surface area (Å²) < 4.78 is 38.0. The summed E-state index contributed by atoms with van der Waals surface area (Å²) in [7, 11) is 0. The number of anilines is 3. The highest BCUT2D eigenvalue weighted by atomic mass is 16.6. The molecule has 1 N–H and O–H groups in total. The van der Waals surface area contributed by atoms with E-state index < -0.39 is 17.9 Å². The Balaban J connectivity index is 1.33. The molecule has 0 saturated carbocycles. The zero-order valence-electron chi connectivity index (χ0n) is 42.8. The number of carbonyl (C=O) groups excluding carboxylic acids is 3. The molecule has 2 saturated heterocycles. The molecule has 2 unspecified atom stereocenters. The highest BCUT2D eigenvalue weighted by molar-refractivity contribution is 5.99. The Labute approximate surface area is 438 Å². The van der Waals surface area contributed by atoms with E-state index in [0.29, 0.717) is 102 Å². The van der Waals surface area contributed by atoms with Crippen molar-refractivity contribution in [1.82, 2.24) is 0 Å². The molecule has 17 nitrogen and oxygen atoms in total. The fourth-order valence-corrected chi connectivity index (χ4v) is 7.95. The first-order chi connectivity index (χ1) is 36.6. The number of nitriles is 3. The van der Waals surface area contributed by atoms with E-state index in [1.807, 2.05) is 91.0 Å². The Kier molecular flexibility index (Phi) is 22.4. The van der Waals surface area contributed by atoms with E-state index in [1.54, 1.807) is 20.8 Å². The molecule has 17 heteroatoms. The Morgan fingerprint density at radius 1 is 0.547 bits per heavy atom. The molecule has 2 atom stereocenters. The molecule has 4 aromatic carbocycles. The third kappa shape index (κ3) is 18.6. The lowest BCUT2D eigenvalue weighted by Crippen LogP contribution is -2.30. The van der Waals surface area contributed by atoms with Crippen molar-refractivity contribution in [2.45, 2.75) is 52.5 Å². The van der Waals surface area contributed by atoms with Gasteiger partial charge < -0.3 is 53.0 Å². The molecule has 0 amide bonds. The summed E-state index contributed by atoms with van der Waals surface area (Å²) in [6, 6.07) is 35.0. The van der Waals surface area contributed by atoms with Crippen LogP contribution in [0, 0.1) is 34.0 Å². The molecule has 0 spiro atoms. The van der Waals surface area contributed by atoms with Crippen molar-refractivity contribution in [2.24, 2.45) is 0 Å². The molecular weight excluding hydrogens is 957 g/mol. The van der Waals surface area contributed by atoms with Crippen LogP contribution in [0.3, 0.4) is 0 Å². The first kappa shape index (κ1) is 56.5. The van der Waals surface area contributed by atoms with Crippen LogP contribution in [0.25, 0.3) is 18.2 Å². The van der Waals surface area contributed by atoms with Crippen LogP contribution >= 0.6 is 0 Å². The van der Waals surface area contributed by atoms with Gasteiger partial charge in [-0.05, 0) is 115 Å². The minimum Gasteiger partial charge on any atom is -0.462 e. The minimum atomic E-state index is -0.691. The standard InChI is InChI=1S/C58H64N6O11/c1-4-71-56(66)48(33-59)30-42-7-13-51(14-8-42)62(22-25-69-38-54-40-74-54)20-19-45-27-46(36-63(21-24-65)52-15-9-43(10-16-52)31-49(34-60)57(67)72-5-2)29-47(28-45)37-64(23-26-70-39-55-41-75-55)53-17-11-44(12-18-53)32-50(35-61)58(68)73-6-3/h7-18,27-32,54-55,65H,4-6,19-26,36-41H2,1-3H3/b48-30-,49-31-,50-32-. The maximum absolute atomic E-state index is 12.4. The van der Waals surface area contributed by atoms with E-state index in [2.05, 4.69) is 32.9 Å². The fraction of sp³-hybridized carbons (Fsp3) is 0.379. The summed E-state index contributed by atoms with van der Waals surface area (Å²) in [5.41, 5.74) is 7.39. The topological polar surface area (TPSA) is 224 Å². The van der Waals surface area contributed by atoms with Crippen molar-refractivity contribution >= 4 is 53.2 Å². The lowest BCUT2D eigenvalue weighted by atomic mass is 10.0. The molecular formula is C58H64N6O11. The van der Waals surface area contributed by atoms with Crippen molar-refractivity contribution in [2.75, 3.05) is 107 Å². The van der Waals surface area contributed by atoms with Crippen molar-refractivity contribution in [1.29, 1.82) is 15.8 Å². The summed E-state index contributed by atoms with van der Waals surface area (Å²) in [6.45, 7) is 11.6. The van der Waals surface area contributed by atoms with Gasteiger partial charge in [0.05, 0.1) is 66.1 Å². The Morgan fingerprint density at radius 3 is 1.24 bits per heavy atom. The second-order valence-electron chi connectivity index (χ2n) is 17.5. The lowest BCUT2D eigenvalue weighted by molar-refractivity contribution is -0.138. The zero-order valence-corrected chi connectivity index (χ0v) is 42.8. The van der Waals surface area contributed by atoms with Crippen molar-refractivity contribution in [3.8, 4) is 18.2 Å². The summed E-state index contributed by atoms with van der Waals surface area (Å²) in [5.74, 6) is -2.05. The van der Waals surface area contributed by atoms with E-state index in [9.17, 15) is 35.3 Å². The lowest BCUT2D eigenvalue weighted by Gasteiger charge is -2.28. The maximum Gasteiger partial charge on any atom is 0.348 e. The summed E-state index contributed by atoms with van der Waals surface area (Å²) in [5, 5.41) is 39.3. The van der Waals surface area contributed by atoms with Crippen molar-refractivity contribution < 1.29 is 52.6 Å². The fourth-order valence-electron chi connectivity index (χ4n) is 7.95. The van der Waals surface area contributed by atoms with Crippen LogP contribution in [0.4, 0.5) is 17.1 Å². The molecule has 6 rings (SSSR count). The van der Waals surface area contributed by atoms with E-state index in [0.717, 1.165) is 33.8 Å². The number of aliphatic hydroxyl groups is 1. The van der Waals surface area contributed by atoms with Gasteiger partial charge >= 0.3 is 17.9 Å². The van der Waals surface area contributed by atoms with Gasteiger partial charge in [0.25, 0.3) is 0 Å². The Bertz CT molecular complexity index is 2750. The van der Waals surface area contributed by atoms with E-state index in [-0.39, 0.29) is 55.4 Å². The van der Waals surface area contributed by atoms with Gasteiger partial charge in [-0.25, -0.2) is 14.4 Å². The number of ether oxygens (including phenoxy) is 7. The molecule has 2 fully saturated rings. The smallest absolute Gasteiger partial charge is 0.348 e. The van der Waals surface area contributed by atoms with Crippen molar-refractivity contribution in [3.05, 3.63) is 141 Å². The van der Waals surface area contributed by atoms with Gasteiger partial charge in [0.2, 0.25) is 0 Å². The predicted molar refractivity (Wildman–Crippen MR) is 283 cm³/mol. The first-order valence-corrected chi connectivity index (χ1v) is 25.1. The second kappa shape index (κ2) is 29.8. The van der Waals surface area contributed by atoms with Crippen molar-refractivity contribution in [3.63, 3.8) is 0 Å². The quantitative estimate of drug-likeness (QED) is 0.0134. The van der Waals surface area contributed by atoms with Crippen LogP contribution in [0.2, 0.25) is 0 Å². The van der Waals surface area contributed by atoms with E-state index >= 15 is 0 Å². The highest BCUT2D eigenvalue weighted by Crippen LogP contribution is 2.26. The highest BCUT2D eigenvalue weighted by Gasteiger charge is 2.24. The van der Waals surface area contributed by atoms with Gasteiger partial charge in [0, 0.05) is 56.3 Å². The Hall–Kier alpha value is -7.82. The van der Waals surface area contributed by atoms with Crippen LogP contribution in [0.15, 0.2) is 108 Å². The molecule has 0 bridgehead atoms. The van der Waals surface area contributed by atoms with Gasteiger partial charge in [-0.2, -0.15) is 15.8 Å². The zero-order chi connectivity index (χ0) is 53.4. The average molecular weight is 1020 g/mol. The molecule has 0 radical (unpaired) electrons. The average Bonchev–Trinajstić information content (AvgIpc) is 4.38. The molecule has 2 aliphatic rings. The van der Waals surface area contributed by atoms with Gasteiger partial charge in [0.15, 0.2) is 0 Å². The number of nitrogens with zero attached hydrogens (tertiary/aromatic N) is 6. The SMILES string of the molecule is CCOC(=O)/C(C#N)=C\c1ccc(N(CCOCC2CO2)CCc2cc(CN(CCO)c3ccc(/C=C(/C#N)C(=O)OCC)cc3)cc(CN(CCOCC3CO3)c3ccc(/C=C(/C#N)C(=O)OCC)cc3)c2)cc1. The third-order valence-electron chi connectivity index (χ3n) is 11.9. The molecule has 0 aliphatic carbocycles. The van der Waals surface area contributed by atoms with E-state index in [1.165, 1.54) is 18.2 Å². The minimum absolute atomic E-state index is 0.0897. The second-order valence-corrected chi connectivity index (χ2v) is 17.5. The number of aliphatic hydroxyl groups excluding tert-OH is 1. The summed E-state index contributed by atoms with van der Waals surface area (Å²) in [4.78, 5) is 43.6. The van der Waals surface area contributed by atoms with Crippen LogP contribution in [-0.4, -0.2) is 127 Å². The van der Waals surface area contributed by atoms with Gasteiger partial charge in [-0.15, -0.1) is 0 Å². The third-order valence-corrected chi connectivity index (χ3v) is 11.9. The van der Waals surface area contributed by atoms with Gasteiger partial charge in [0.1, 0.15) is 47.1 Å². The summed E-state index contributed by atoms with van der Waals surface area (Å²) in [6.07, 6.45) is 5.36. The summed E-state index contributed by atoms with van der Waals surface area (Å²) >= 11 is 0. The number of benzene rings is 4. The first-order valence-electron chi connectivity index (χ1n) is 25.1. The maximum atomic E-state index is 12.4. The molecule has 4 aromatic rings. The van der Waals surface area contributed by atoms with Crippen LogP contribution < -0.4 is 14.7 Å². The molecule has 75 heavy (non-hydrogen) atoms. The van der Waals surface area contributed by atoms with Crippen LogP contribution in [0.1, 0.15) is 54.2 Å². The number of epoxide rings is 2. The monoisotopic (exact) mass is 1020 g/mol. The predicted octanol–water partition coefficient (Wildman–Crippen LogP) is 6.98. The Morgan fingerprint density at radius 2 is 0.893 bits per heavy atom. The van der Waals surface area contributed by atoms with E-state index in [4.69, 9.17) is 33.2 Å². The molecule has 0 aromatic heterocycles. The number of hydrogen-bond donors (Lipinski definition) is 1. The molecule has 2 aliphatic heterocycles.